The Labute approximate surface area is 130 Å². The smallest absolute Gasteiger partial charge is 0.338 e. The maximum absolute atomic E-state index is 11.7. The maximum atomic E-state index is 11.7. The third-order valence-corrected chi connectivity index (χ3v) is 3.44. The zero-order valence-corrected chi connectivity index (χ0v) is 13.0. The first-order valence-electron chi connectivity index (χ1n) is 7.11. The lowest BCUT2D eigenvalue weighted by atomic mass is 10.2. The minimum absolute atomic E-state index is 0.312. The molecule has 4 nitrogen and oxygen atoms in total. The van der Waals surface area contributed by atoms with E-state index in [2.05, 4.69) is 4.57 Å². The van der Waals surface area contributed by atoms with E-state index in [1.54, 1.807) is 25.1 Å². The Morgan fingerprint density at radius 3 is 2.59 bits per heavy atom. The first-order chi connectivity index (χ1) is 10.6. The molecule has 0 spiro atoms. The third-order valence-electron chi connectivity index (χ3n) is 3.44. The summed E-state index contributed by atoms with van der Waals surface area (Å²) in [7, 11) is 0. The molecule has 0 unspecified atom stereocenters. The molecule has 0 aliphatic rings. The lowest BCUT2D eigenvalue weighted by Gasteiger charge is -2.10. The van der Waals surface area contributed by atoms with Gasteiger partial charge in [-0.1, -0.05) is 0 Å². The van der Waals surface area contributed by atoms with Gasteiger partial charge in [-0.25, -0.2) is 4.79 Å². The van der Waals surface area contributed by atoms with Gasteiger partial charge in [-0.3, -0.25) is 0 Å². The number of hydrogen-bond acceptors (Lipinski definition) is 3. The average molecular weight is 294 g/mol. The standard InChI is InChI=1S/C18H18N2O2/c1-4-22-18(21)15-7-9-17(10-8-15)20-13(2)12-16(14(20)3)6-5-11-19/h5-10,12H,4H2,1-3H3. The van der Waals surface area contributed by atoms with Crippen molar-refractivity contribution in [3.8, 4) is 11.8 Å². The molecule has 4 heteroatoms. The van der Waals surface area contributed by atoms with Gasteiger partial charge in [0, 0.05) is 23.2 Å². The van der Waals surface area contributed by atoms with Gasteiger partial charge in [-0.2, -0.15) is 5.26 Å². The van der Waals surface area contributed by atoms with Crippen LogP contribution in [0, 0.1) is 25.2 Å². The van der Waals surface area contributed by atoms with E-state index in [9.17, 15) is 4.79 Å². The Morgan fingerprint density at radius 2 is 2.00 bits per heavy atom. The molecule has 1 aromatic carbocycles. The fourth-order valence-electron chi connectivity index (χ4n) is 2.44. The topological polar surface area (TPSA) is 55.0 Å². The molecule has 112 valence electrons. The van der Waals surface area contributed by atoms with Gasteiger partial charge in [0.05, 0.1) is 18.2 Å². The number of ether oxygens (including phenoxy) is 1. The molecule has 1 aromatic heterocycles. The Bertz CT molecular complexity index is 747. The predicted molar refractivity (Wildman–Crippen MR) is 85.8 cm³/mol. The Kier molecular flexibility index (Phi) is 4.80. The van der Waals surface area contributed by atoms with Gasteiger partial charge in [0.1, 0.15) is 0 Å². The van der Waals surface area contributed by atoms with Gasteiger partial charge in [0.15, 0.2) is 0 Å². The minimum Gasteiger partial charge on any atom is -0.462 e. The summed E-state index contributed by atoms with van der Waals surface area (Å²) in [5.74, 6) is -0.312. The second kappa shape index (κ2) is 6.77. The van der Waals surface area contributed by atoms with Gasteiger partial charge in [0.25, 0.3) is 0 Å². The minimum atomic E-state index is -0.312. The van der Waals surface area contributed by atoms with Crippen LogP contribution in [0.2, 0.25) is 0 Å². The highest BCUT2D eigenvalue weighted by Gasteiger charge is 2.10. The average Bonchev–Trinajstić information content (AvgIpc) is 2.80. The SMILES string of the molecule is CCOC(=O)c1ccc(-n2c(C)cc(C=CC#N)c2C)cc1. The molecule has 0 atom stereocenters. The van der Waals surface area contributed by atoms with Crippen molar-refractivity contribution in [2.24, 2.45) is 0 Å². The van der Waals surface area contributed by atoms with E-state index in [1.165, 1.54) is 6.08 Å². The first kappa shape index (κ1) is 15.6. The molecule has 1 heterocycles. The van der Waals surface area contributed by atoms with Crippen molar-refractivity contribution in [1.82, 2.24) is 4.57 Å². The fraction of sp³-hybridized carbons (Fsp3) is 0.222. The number of nitriles is 1. The molecule has 0 amide bonds. The number of nitrogens with zero attached hydrogens (tertiary/aromatic N) is 2. The molecule has 0 radical (unpaired) electrons. The molecule has 0 aliphatic heterocycles. The zero-order chi connectivity index (χ0) is 16.1. The summed E-state index contributed by atoms with van der Waals surface area (Å²) in [5, 5.41) is 8.65. The van der Waals surface area contributed by atoms with Crippen LogP contribution in [-0.4, -0.2) is 17.1 Å². The van der Waals surface area contributed by atoms with Gasteiger partial charge in [0.2, 0.25) is 0 Å². The summed E-state index contributed by atoms with van der Waals surface area (Å²) in [5.41, 5.74) is 4.64. The van der Waals surface area contributed by atoms with Gasteiger partial charge in [-0.05, 0) is 62.7 Å². The van der Waals surface area contributed by atoms with Crippen molar-refractivity contribution in [2.75, 3.05) is 6.61 Å². The highest BCUT2D eigenvalue weighted by Crippen LogP contribution is 2.22. The number of aryl methyl sites for hydroxylation is 1. The fourth-order valence-corrected chi connectivity index (χ4v) is 2.44. The Balaban J connectivity index is 2.37. The third kappa shape index (κ3) is 3.09. The predicted octanol–water partition coefficient (Wildman–Crippen LogP) is 3.81. The van der Waals surface area contributed by atoms with Crippen LogP contribution in [-0.2, 0) is 4.74 Å². The molecule has 0 bridgehead atoms. The van der Waals surface area contributed by atoms with Crippen LogP contribution < -0.4 is 0 Å². The lowest BCUT2D eigenvalue weighted by molar-refractivity contribution is 0.0526. The highest BCUT2D eigenvalue weighted by molar-refractivity contribution is 5.89. The van der Waals surface area contributed by atoms with Gasteiger partial charge < -0.3 is 9.30 Å². The van der Waals surface area contributed by atoms with Crippen molar-refractivity contribution in [3.63, 3.8) is 0 Å². The van der Waals surface area contributed by atoms with E-state index in [0.29, 0.717) is 12.2 Å². The second-order valence-corrected chi connectivity index (χ2v) is 4.89. The van der Waals surface area contributed by atoms with E-state index in [4.69, 9.17) is 10.00 Å². The van der Waals surface area contributed by atoms with E-state index < -0.39 is 0 Å². The molecule has 2 rings (SSSR count). The van der Waals surface area contributed by atoms with Crippen molar-refractivity contribution in [1.29, 1.82) is 5.26 Å². The van der Waals surface area contributed by atoms with Crippen molar-refractivity contribution in [3.05, 3.63) is 58.9 Å². The van der Waals surface area contributed by atoms with Crippen molar-refractivity contribution in [2.45, 2.75) is 20.8 Å². The second-order valence-electron chi connectivity index (χ2n) is 4.89. The number of allylic oxidation sites excluding steroid dienone is 1. The monoisotopic (exact) mass is 294 g/mol. The van der Waals surface area contributed by atoms with Gasteiger partial charge >= 0.3 is 5.97 Å². The van der Waals surface area contributed by atoms with Crippen molar-refractivity contribution < 1.29 is 9.53 Å². The highest BCUT2D eigenvalue weighted by atomic mass is 16.5. The number of benzene rings is 1. The van der Waals surface area contributed by atoms with E-state index in [1.807, 2.05) is 38.1 Å². The Hall–Kier alpha value is -2.80. The van der Waals surface area contributed by atoms with Crippen LogP contribution >= 0.6 is 0 Å². The maximum Gasteiger partial charge on any atom is 0.338 e. The Morgan fingerprint density at radius 1 is 1.32 bits per heavy atom. The largest absolute Gasteiger partial charge is 0.462 e. The quantitative estimate of drug-likeness (QED) is 0.636. The number of hydrogen-bond donors (Lipinski definition) is 0. The number of carbonyl (C=O) groups is 1. The van der Waals surface area contributed by atoms with E-state index in [0.717, 1.165) is 22.6 Å². The van der Waals surface area contributed by atoms with Crippen LogP contribution in [0.25, 0.3) is 11.8 Å². The van der Waals surface area contributed by atoms with Crippen LogP contribution in [0.5, 0.6) is 0 Å². The number of aromatic nitrogens is 1. The molecule has 0 saturated heterocycles. The number of carbonyl (C=O) groups excluding carboxylic acids is 1. The number of rotatable bonds is 4. The summed E-state index contributed by atoms with van der Waals surface area (Å²) in [6.07, 6.45) is 3.27. The molecule has 0 aliphatic carbocycles. The summed E-state index contributed by atoms with van der Waals surface area (Å²) in [4.78, 5) is 11.7. The first-order valence-corrected chi connectivity index (χ1v) is 7.11. The zero-order valence-electron chi connectivity index (χ0n) is 13.0. The van der Waals surface area contributed by atoms with Crippen LogP contribution in [0.1, 0.15) is 34.2 Å². The molecular formula is C18H18N2O2. The van der Waals surface area contributed by atoms with Crippen LogP contribution in [0.15, 0.2) is 36.4 Å². The molecule has 0 fully saturated rings. The molecule has 0 saturated carbocycles. The summed E-state index contributed by atoms with van der Waals surface area (Å²) >= 11 is 0. The van der Waals surface area contributed by atoms with Crippen LogP contribution in [0.3, 0.4) is 0 Å². The van der Waals surface area contributed by atoms with Crippen molar-refractivity contribution >= 4 is 12.0 Å². The number of esters is 1. The normalized spacial score (nSPS) is 10.6. The van der Waals surface area contributed by atoms with Crippen LogP contribution in [0.4, 0.5) is 0 Å². The lowest BCUT2D eigenvalue weighted by Crippen LogP contribution is -2.05. The summed E-state index contributed by atoms with van der Waals surface area (Å²) in [6.45, 7) is 6.17. The van der Waals surface area contributed by atoms with Gasteiger partial charge in [-0.15, -0.1) is 0 Å². The van der Waals surface area contributed by atoms with E-state index in [-0.39, 0.29) is 5.97 Å². The molecule has 2 aromatic rings. The van der Waals surface area contributed by atoms with E-state index >= 15 is 0 Å². The summed E-state index contributed by atoms with van der Waals surface area (Å²) < 4.78 is 7.07. The molecule has 22 heavy (non-hydrogen) atoms. The molecular weight excluding hydrogens is 276 g/mol. The summed E-state index contributed by atoms with van der Waals surface area (Å²) in [6, 6.07) is 11.3. The molecule has 0 N–H and O–H groups in total.